The van der Waals surface area contributed by atoms with Crippen LogP contribution in [-0.4, -0.2) is 49.2 Å². The van der Waals surface area contributed by atoms with Crippen LogP contribution in [0.4, 0.5) is 0 Å². The van der Waals surface area contributed by atoms with Gasteiger partial charge in [-0.25, -0.2) is 8.42 Å². The third kappa shape index (κ3) is 6.68. The Hall–Kier alpha value is -3.21. The molecule has 1 heterocycles. The average molecular weight is 520 g/mol. The van der Waals surface area contributed by atoms with Gasteiger partial charge in [0.05, 0.1) is 29.9 Å². The smallest absolute Gasteiger partial charge is 0.320 e. The summed E-state index contributed by atoms with van der Waals surface area (Å²) in [6.07, 6.45) is 2.86. The van der Waals surface area contributed by atoms with Gasteiger partial charge >= 0.3 is 11.5 Å². The minimum Gasteiger partial charge on any atom is -0.487 e. The standard InChI is InChI=1S/C24H26ClN3O6S/c1-24(2,34-21(29)14-26)11-12-33-22-20(16-7-9-19(10-8-16)35(3,31)32)15-27-28(23(22)30)18-6-4-5-17(25)13-18/h4-10,13,15H,11-12,14,26H2,1-3H3. The number of hydrogen-bond acceptors (Lipinski definition) is 8. The summed E-state index contributed by atoms with van der Waals surface area (Å²) in [6.45, 7) is 3.23. The summed E-state index contributed by atoms with van der Waals surface area (Å²) in [5.74, 6) is -0.540. The second-order valence-corrected chi connectivity index (χ2v) is 10.9. The number of halogens is 1. The van der Waals surface area contributed by atoms with Gasteiger partial charge in [0.15, 0.2) is 15.6 Å². The summed E-state index contributed by atoms with van der Waals surface area (Å²) < 4.78 is 36.0. The van der Waals surface area contributed by atoms with Crippen molar-refractivity contribution in [2.45, 2.75) is 30.8 Å². The molecular formula is C24H26ClN3O6S. The van der Waals surface area contributed by atoms with Crippen LogP contribution in [0.15, 0.2) is 64.4 Å². The molecule has 2 N–H and O–H groups in total. The molecule has 0 fully saturated rings. The van der Waals surface area contributed by atoms with Crippen molar-refractivity contribution in [1.29, 1.82) is 0 Å². The zero-order valence-electron chi connectivity index (χ0n) is 19.5. The molecule has 9 nitrogen and oxygen atoms in total. The third-order valence-corrected chi connectivity index (χ3v) is 6.45. The summed E-state index contributed by atoms with van der Waals surface area (Å²) in [5.41, 5.74) is 5.29. The molecule has 0 aliphatic heterocycles. The lowest BCUT2D eigenvalue weighted by molar-refractivity contribution is -0.155. The summed E-state index contributed by atoms with van der Waals surface area (Å²) in [7, 11) is -3.39. The van der Waals surface area contributed by atoms with E-state index in [2.05, 4.69) is 5.10 Å². The SMILES string of the molecule is CC(C)(CCOc1c(-c2ccc(S(C)(=O)=O)cc2)cnn(-c2cccc(Cl)c2)c1=O)OC(=O)CN. The van der Waals surface area contributed by atoms with E-state index in [1.165, 1.54) is 18.3 Å². The molecule has 0 aliphatic carbocycles. The number of esters is 1. The van der Waals surface area contributed by atoms with Crippen LogP contribution < -0.4 is 16.0 Å². The molecule has 0 saturated heterocycles. The number of hydrogen-bond donors (Lipinski definition) is 1. The Balaban J connectivity index is 2.01. The number of benzene rings is 2. The van der Waals surface area contributed by atoms with E-state index >= 15 is 0 Å². The van der Waals surface area contributed by atoms with Crippen LogP contribution in [0, 0.1) is 0 Å². The van der Waals surface area contributed by atoms with Crippen LogP contribution in [0.3, 0.4) is 0 Å². The highest BCUT2D eigenvalue weighted by atomic mass is 35.5. The van der Waals surface area contributed by atoms with Crippen LogP contribution in [0.25, 0.3) is 16.8 Å². The largest absolute Gasteiger partial charge is 0.487 e. The topological polar surface area (TPSA) is 131 Å². The maximum absolute atomic E-state index is 13.4. The zero-order chi connectivity index (χ0) is 25.8. The first-order valence-electron chi connectivity index (χ1n) is 10.6. The van der Waals surface area contributed by atoms with Gasteiger partial charge in [0.25, 0.3) is 0 Å². The molecule has 0 amide bonds. The number of sulfone groups is 1. The Morgan fingerprint density at radius 2 is 1.86 bits per heavy atom. The molecule has 186 valence electrons. The van der Waals surface area contributed by atoms with Crippen LogP contribution in [-0.2, 0) is 19.4 Å². The fourth-order valence-corrected chi connectivity index (χ4v) is 4.07. The maximum Gasteiger partial charge on any atom is 0.320 e. The molecule has 1 aromatic heterocycles. The van der Waals surface area contributed by atoms with Crippen molar-refractivity contribution in [3.05, 3.63) is 70.1 Å². The molecule has 0 radical (unpaired) electrons. The lowest BCUT2D eigenvalue weighted by Crippen LogP contribution is -2.33. The van der Waals surface area contributed by atoms with E-state index in [0.29, 0.717) is 21.8 Å². The minimum atomic E-state index is -3.39. The molecule has 35 heavy (non-hydrogen) atoms. The van der Waals surface area contributed by atoms with Gasteiger partial charge in [0.2, 0.25) is 0 Å². The minimum absolute atomic E-state index is 0.00744. The predicted octanol–water partition coefficient (Wildman–Crippen LogP) is 3.01. The number of carbonyl (C=O) groups excluding carboxylic acids is 1. The molecule has 3 rings (SSSR count). The van der Waals surface area contributed by atoms with Crippen molar-refractivity contribution in [3.8, 4) is 22.6 Å². The molecule has 0 unspecified atom stereocenters. The Kier molecular flexibility index (Phi) is 7.99. The Bertz CT molecular complexity index is 1390. The van der Waals surface area contributed by atoms with Crippen LogP contribution in [0.1, 0.15) is 20.3 Å². The van der Waals surface area contributed by atoms with E-state index in [9.17, 15) is 18.0 Å². The third-order valence-electron chi connectivity index (χ3n) is 5.09. The molecular weight excluding hydrogens is 494 g/mol. The summed E-state index contributed by atoms with van der Waals surface area (Å²) in [6, 6.07) is 12.7. The van der Waals surface area contributed by atoms with E-state index < -0.39 is 27.0 Å². The monoisotopic (exact) mass is 519 g/mol. The number of aromatic nitrogens is 2. The van der Waals surface area contributed by atoms with Gasteiger partial charge in [-0.2, -0.15) is 9.78 Å². The van der Waals surface area contributed by atoms with Crippen molar-refractivity contribution >= 4 is 27.4 Å². The van der Waals surface area contributed by atoms with Crippen molar-refractivity contribution in [2.24, 2.45) is 5.73 Å². The van der Waals surface area contributed by atoms with E-state index in [4.69, 9.17) is 26.8 Å². The number of nitrogens with zero attached hydrogens (tertiary/aromatic N) is 2. The highest BCUT2D eigenvalue weighted by molar-refractivity contribution is 7.90. The van der Waals surface area contributed by atoms with Gasteiger partial charge in [-0.15, -0.1) is 0 Å². The first-order valence-corrected chi connectivity index (χ1v) is 12.9. The number of carbonyl (C=O) groups is 1. The molecule has 0 atom stereocenters. The number of nitrogens with two attached hydrogens (primary N) is 1. The molecule has 0 saturated carbocycles. The fraction of sp³-hybridized carbons (Fsp3) is 0.292. The van der Waals surface area contributed by atoms with E-state index in [1.807, 2.05) is 0 Å². The maximum atomic E-state index is 13.4. The summed E-state index contributed by atoms with van der Waals surface area (Å²) >= 11 is 6.08. The first-order chi connectivity index (χ1) is 16.4. The number of ether oxygens (including phenoxy) is 2. The van der Waals surface area contributed by atoms with Crippen LogP contribution >= 0.6 is 11.6 Å². The Labute approximate surface area is 208 Å². The van der Waals surface area contributed by atoms with Crippen molar-refractivity contribution in [1.82, 2.24) is 9.78 Å². The highest BCUT2D eigenvalue weighted by Crippen LogP contribution is 2.29. The van der Waals surface area contributed by atoms with Crippen molar-refractivity contribution in [2.75, 3.05) is 19.4 Å². The normalized spacial score (nSPS) is 11.8. The summed E-state index contributed by atoms with van der Waals surface area (Å²) in [4.78, 5) is 25.1. The molecule has 3 aromatic rings. The van der Waals surface area contributed by atoms with Gasteiger partial charge in [-0.05, 0) is 49.7 Å². The molecule has 11 heteroatoms. The van der Waals surface area contributed by atoms with Gasteiger partial charge in [-0.1, -0.05) is 29.8 Å². The van der Waals surface area contributed by atoms with E-state index in [-0.39, 0.29) is 30.2 Å². The van der Waals surface area contributed by atoms with Crippen molar-refractivity contribution < 1.29 is 22.7 Å². The quantitative estimate of drug-likeness (QED) is 0.427. The first kappa shape index (κ1) is 26.4. The van der Waals surface area contributed by atoms with Crippen molar-refractivity contribution in [3.63, 3.8) is 0 Å². The van der Waals surface area contributed by atoms with E-state index in [0.717, 1.165) is 10.9 Å². The second-order valence-electron chi connectivity index (χ2n) is 8.42. The predicted molar refractivity (Wildman–Crippen MR) is 133 cm³/mol. The van der Waals surface area contributed by atoms with Gasteiger partial charge in [0, 0.05) is 23.3 Å². The zero-order valence-corrected chi connectivity index (χ0v) is 21.1. The van der Waals surface area contributed by atoms with Crippen LogP contribution in [0.5, 0.6) is 5.75 Å². The summed E-state index contributed by atoms with van der Waals surface area (Å²) in [5, 5.41) is 4.70. The van der Waals surface area contributed by atoms with Gasteiger partial charge in [0.1, 0.15) is 5.60 Å². The number of rotatable bonds is 9. The lowest BCUT2D eigenvalue weighted by atomic mass is 10.1. The molecule has 0 spiro atoms. The Morgan fingerprint density at radius 3 is 2.46 bits per heavy atom. The molecule has 0 bridgehead atoms. The van der Waals surface area contributed by atoms with Gasteiger partial charge in [-0.3, -0.25) is 9.59 Å². The van der Waals surface area contributed by atoms with Gasteiger partial charge < -0.3 is 15.2 Å². The average Bonchev–Trinajstić information content (AvgIpc) is 2.79. The molecule has 2 aromatic carbocycles. The lowest BCUT2D eigenvalue weighted by Gasteiger charge is -2.25. The Morgan fingerprint density at radius 1 is 1.17 bits per heavy atom. The molecule has 0 aliphatic rings. The van der Waals surface area contributed by atoms with Crippen LogP contribution in [0.2, 0.25) is 5.02 Å². The van der Waals surface area contributed by atoms with E-state index in [1.54, 1.807) is 50.2 Å². The second kappa shape index (κ2) is 10.6. The highest BCUT2D eigenvalue weighted by Gasteiger charge is 2.24. The fourth-order valence-electron chi connectivity index (χ4n) is 3.26.